The molecule has 3 aromatic rings. The molecule has 0 fully saturated rings. The summed E-state index contributed by atoms with van der Waals surface area (Å²) in [5, 5.41) is 4.58. The minimum atomic E-state index is 0.766. The molecule has 3 rings (SSSR count). The van der Waals surface area contributed by atoms with E-state index in [4.69, 9.17) is 5.73 Å². The largest absolute Gasteiger partial charge is 0.399 e. The van der Waals surface area contributed by atoms with Crippen LogP contribution in [0.5, 0.6) is 0 Å². The number of aryl methyl sites for hydroxylation is 2. The summed E-state index contributed by atoms with van der Waals surface area (Å²) in [7, 11) is 0. The van der Waals surface area contributed by atoms with E-state index in [9.17, 15) is 0 Å². The zero-order valence-corrected chi connectivity index (χ0v) is 11.6. The maximum absolute atomic E-state index is 5.72. The number of nitrogens with zero attached hydrogens (tertiary/aromatic N) is 1. The molecule has 0 aliphatic carbocycles. The van der Waals surface area contributed by atoms with Gasteiger partial charge in [-0.1, -0.05) is 18.2 Å². The van der Waals surface area contributed by atoms with Gasteiger partial charge in [0.05, 0.1) is 5.52 Å². The molecule has 3 heteroatoms. The lowest BCUT2D eigenvalue weighted by Crippen LogP contribution is -1.96. The van der Waals surface area contributed by atoms with Crippen LogP contribution in [-0.2, 0) is 0 Å². The predicted octanol–water partition coefficient (Wildman–Crippen LogP) is 4.18. The average molecular weight is 263 g/mol. The first kappa shape index (κ1) is 12.5. The predicted molar refractivity (Wildman–Crippen MR) is 85.4 cm³/mol. The van der Waals surface area contributed by atoms with Crippen molar-refractivity contribution < 1.29 is 0 Å². The van der Waals surface area contributed by atoms with Crippen molar-refractivity contribution in [3.05, 3.63) is 59.8 Å². The van der Waals surface area contributed by atoms with Crippen molar-refractivity contribution in [3.63, 3.8) is 0 Å². The van der Waals surface area contributed by atoms with Gasteiger partial charge in [-0.2, -0.15) is 0 Å². The van der Waals surface area contributed by atoms with Gasteiger partial charge in [0, 0.05) is 28.1 Å². The smallest absolute Gasteiger partial charge is 0.0755 e. The zero-order chi connectivity index (χ0) is 14.1. The van der Waals surface area contributed by atoms with Gasteiger partial charge in [-0.25, -0.2) is 0 Å². The highest BCUT2D eigenvalue weighted by molar-refractivity contribution is 5.94. The van der Waals surface area contributed by atoms with Crippen molar-refractivity contribution in [3.8, 4) is 0 Å². The number of nitrogens with one attached hydrogen (secondary N) is 1. The summed E-state index contributed by atoms with van der Waals surface area (Å²) in [6, 6.07) is 16.0. The number of fused-ring (bicyclic) bond motifs is 1. The van der Waals surface area contributed by atoms with Gasteiger partial charge in [-0.15, -0.1) is 0 Å². The van der Waals surface area contributed by atoms with E-state index in [0.717, 1.165) is 33.7 Å². The molecule has 0 spiro atoms. The number of hydrogen-bond donors (Lipinski definition) is 2. The van der Waals surface area contributed by atoms with Crippen LogP contribution in [0.3, 0.4) is 0 Å². The van der Waals surface area contributed by atoms with Crippen LogP contribution in [0.15, 0.2) is 48.5 Å². The van der Waals surface area contributed by atoms with Gasteiger partial charge in [0.1, 0.15) is 0 Å². The quantitative estimate of drug-likeness (QED) is 0.682. The van der Waals surface area contributed by atoms with Crippen molar-refractivity contribution in [2.24, 2.45) is 0 Å². The first-order valence-corrected chi connectivity index (χ1v) is 6.63. The van der Waals surface area contributed by atoms with Crippen LogP contribution in [0.2, 0.25) is 0 Å². The third-order valence-corrected chi connectivity index (χ3v) is 3.36. The lowest BCUT2D eigenvalue weighted by atomic mass is 10.1. The minimum Gasteiger partial charge on any atom is -0.399 e. The fraction of sp³-hybridized carbons (Fsp3) is 0.118. The van der Waals surface area contributed by atoms with Crippen LogP contribution in [0.1, 0.15) is 11.3 Å². The van der Waals surface area contributed by atoms with E-state index in [1.807, 2.05) is 31.2 Å². The molecule has 1 aromatic heterocycles. The molecule has 3 N–H and O–H groups in total. The molecule has 0 bridgehead atoms. The van der Waals surface area contributed by atoms with Crippen LogP contribution < -0.4 is 11.1 Å². The van der Waals surface area contributed by atoms with E-state index in [2.05, 4.69) is 41.5 Å². The fourth-order valence-corrected chi connectivity index (χ4v) is 2.35. The average Bonchev–Trinajstić information content (AvgIpc) is 2.42. The summed E-state index contributed by atoms with van der Waals surface area (Å²) < 4.78 is 0. The van der Waals surface area contributed by atoms with E-state index in [1.165, 1.54) is 5.56 Å². The second-order valence-corrected chi connectivity index (χ2v) is 5.03. The molecule has 1 heterocycles. The van der Waals surface area contributed by atoms with Gasteiger partial charge < -0.3 is 11.1 Å². The topological polar surface area (TPSA) is 50.9 Å². The third-order valence-electron chi connectivity index (χ3n) is 3.36. The van der Waals surface area contributed by atoms with Crippen LogP contribution in [0, 0.1) is 13.8 Å². The summed E-state index contributed by atoms with van der Waals surface area (Å²) in [5.74, 6) is 0. The van der Waals surface area contributed by atoms with Crippen LogP contribution in [-0.4, -0.2) is 4.98 Å². The number of para-hydroxylation sites is 1. The highest BCUT2D eigenvalue weighted by Crippen LogP contribution is 2.28. The molecule has 0 atom stereocenters. The molecule has 0 unspecified atom stereocenters. The molecule has 3 nitrogen and oxygen atoms in total. The van der Waals surface area contributed by atoms with Crippen molar-refractivity contribution in [2.75, 3.05) is 11.1 Å². The highest BCUT2D eigenvalue weighted by atomic mass is 14.9. The number of nitrogen functional groups attached to an aromatic ring is 1. The minimum absolute atomic E-state index is 0.766. The third kappa shape index (κ3) is 2.30. The number of aromatic nitrogens is 1. The van der Waals surface area contributed by atoms with Gasteiger partial charge in [-0.3, -0.25) is 4.98 Å². The van der Waals surface area contributed by atoms with Crippen LogP contribution in [0.25, 0.3) is 10.9 Å². The lowest BCUT2D eigenvalue weighted by molar-refractivity contribution is 1.24. The second-order valence-electron chi connectivity index (χ2n) is 5.03. The van der Waals surface area contributed by atoms with Crippen LogP contribution >= 0.6 is 0 Å². The molecule has 0 aliphatic heterocycles. The molecule has 0 radical (unpaired) electrons. The van der Waals surface area contributed by atoms with Gasteiger partial charge in [0.25, 0.3) is 0 Å². The summed E-state index contributed by atoms with van der Waals surface area (Å²) in [6.45, 7) is 4.10. The first-order valence-electron chi connectivity index (χ1n) is 6.63. The molecular weight excluding hydrogens is 246 g/mol. The first-order chi connectivity index (χ1) is 9.63. The zero-order valence-electron chi connectivity index (χ0n) is 11.6. The van der Waals surface area contributed by atoms with Crippen molar-refractivity contribution in [1.82, 2.24) is 4.98 Å². The van der Waals surface area contributed by atoms with Crippen LogP contribution in [0.4, 0.5) is 17.1 Å². The Morgan fingerprint density at radius 1 is 1.00 bits per heavy atom. The number of hydrogen-bond acceptors (Lipinski definition) is 3. The van der Waals surface area contributed by atoms with E-state index in [1.54, 1.807) is 0 Å². The number of nitrogens with two attached hydrogens (primary N) is 1. The van der Waals surface area contributed by atoms with Crippen molar-refractivity contribution >= 4 is 28.0 Å². The van der Waals surface area contributed by atoms with Gasteiger partial charge in [0.15, 0.2) is 0 Å². The van der Waals surface area contributed by atoms with Gasteiger partial charge >= 0.3 is 0 Å². The Hall–Kier alpha value is -2.55. The molecule has 20 heavy (non-hydrogen) atoms. The van der Waals surface area contributed by atoms with E-state index < -0.39 is 0 Å². The lowest BCUT2D eigenvalue weighted by Gasteiger charge is -2.12. The number of anilines is 3. The normalized spacial score (nSPS) is 10.7. The van der Waals surface area contributed by atoms with E-state index in [-0.39, 0.29) is 0 Å². The van der Waals surface area contributed by atoms with Crippen molar-refractivity contribution in [1.29, 1.82) is 0 Å². The Morgan fingerprint density at radius 2 is 1.75 bits per heavy atom. The molecule has 2 aromatic carbocycles. The molecule has 0 aliphatic rings. The molecule has 0 amide bonds. The number of benzene rings is 2. The number of pyridine rings is 1. The SMILES string of the molecule is Cc1cc(Nc2ccc(N)cc2)c2cccc(C)c2n1. The monoisotopic (exact) mass is 263 g/mol. The Bertz CT molecular complexity index is 761. The molecule has 0 saturated carbocycles. The van der Waals surface area contributed by atoms with Crippen molar-refractivity contribution in [2.45, 2.75) is 13.8 Å². The summed E-state index contributed by atoms with van der Waals surface area (Å²) in [4.78, 5) is 4.63. The summed E-state index contributed by atoms with van der Waals surface area (Å²) in [6.07, 6.45) is 0. The Labute approximate surface area is 118 Å². The molecule has 0 saturated heterocycles. The van der Waals surface area contributed by atoms with Gasteiger partial charge in [-0.05, 0) is 49.7 Å². The summed E-state index contributed by atoms with van der Waals surface area (Å²) in [5.41, 5.74) is 11.8. The fourth-order valence-electron chi connectivity index (χ4n) is 2.35. The van der Waals surface area contributed by atoms with Gasteiger partial charge in [0.2, 0.25) is 0 Å². The van der Waals surface area contributed by atoms with E-state index in [0.29, 0.717) is 0 Å². The Morgan fingerprint density at radius 3 is 2.50 bits per heavy atom. The Kier molecular flexibility index (Phi) is 3.03. The second kappa shape index (κ2) is 4.85. The highest BCUT2D eigenvalue weighted by Gasteiger charge is 2.06. The maximum atomic E-state index is 5.72. The Balaban J connectivity index is 2.11. The standard InChI is InChI=1S/C17H17N3/c1-11-4-3-5-15-16(10-12(2)19-17(11)15)20-14-8-6-13(18)7-9-14/h3-10H,18H2,1-2H3,(H,19,20). The maximum Gasteiger partial charge on any atom is 0.0755 e. The summed E-state index contributed by atoms with van der Waals surface area (Å²) >= 11 is 0. The molecule has 100 valence electrons. The molecular formula is C17H17N3. The number of rotatable bonds is 2. The van der Waals surface area contributed by atoms with E-state index >= 15 is 0 Å².